The number of hydrogen-bond donors (Lipinski definition) is 6. The molecule has 0 bridgehead atoms. The highest BCUT2D eigenvalue weighted by molar-refractivity contribution is 8.24. The van der Waals surface area contributed by atoms with Gasteiger partial charge in [0, 0.05) is 0 Å². The first kappa shape index (κ1) is 20.5. The van der Waals surface area contributed by atoms with Crippen LogP contribution in [-0.4, -0.2) is 43.2 Å². The fraction of sp³-hybridized carbons (Fsp3) is 0.190. The molecular weight excluding hydrogens is 408 g/mol. The Morgan fingerprint density at radius 2 is 1.77 bits per heavy atom. The molecular formula is C21H22N2O6S. The van der Waals surface area contributed by atoms with Gasteiger partial charge in [-0.15, -0.1) is 0 Å². The van der Waals surface area contributed by atoms with E-state index in [-0.39, 0.29) is 23.5 Å². The predicted octanol–water partition coefficient (Wildman–Crippen LogP) is 3.34. The van der Waals surface area contributed by atoms with Crippen LogP contribution in [0.5, 0.6) is 5.75 Å². The van der Waals surface area contributed by atoms with Crippen LogP contribution >= 0.6 is 11.0 Å². The van der Waals surface area contributed by atoms with Crippen molar-refractivity contribution < 1.29 is 29.2 Å². The highest BCUT2D eigenvalue weighted by Crippen LogP contribution is 2.50. The lowest BCUT2D eigenvalue weighted by Crippen LogP contribution is -2.25. The molecule has 0 saturated carbocycles. The van der Waals surface area contributed by atoms with E-state index in [1.165, 1.54) is 0 Å². The fourth-order valence-corrected chi connectivity index (χ4v) is 4.94. The Labute approximate surface area is 174 Å². The third-order valence-electron chi connectivity index (χ3n) is 5.08. The van der Waals surface area contributed by atoms with E-state index < -0.39 is 23.2 Å². The average molecular weight is 430 g/mol. The summed E-state index contributed by atoms with van der Waals surface area (Å²) in [6.07, 6.45) is 0.243. The van der Waals surface area contributed by atoms with E-state index in [4.69, 9.17) is 5.11 Å². The quantitative estimate of drug-likeness (QED) is 0.363. The third kappa shape index (κ3) is 4.07. The first-order valence-electron chi connectivity index (χ1n) is 9.32. The zero-order chi connectivity index (χ0) is 21.5. The van der Waals surface area contributed by atoms with Crippen LogP contribution in [-0.2, 0) is 12.8 Å². The minimum absolute atomic E-state index is 0.0684. The molecule has 8 nitrogen and oxygen atoms in total. The van der Waals surface area contributed by atoms with E-state index in [9.17, 15) is 24.1 Å². The van der Waals surface area contributed by atoms with Gasteiger partial charge in [0.15, 0.2) is 0 Å². The van der Waals surface area contributed by atoms with Gasteiger partial charge in [0.25, 0.3) is 0 Å². The van der Waals surface area contributed by atoms with E-state index in [0.717, 1.165) is 26.2 Å². The summed E-state index contributed by atoms with van der Waals surface area (Å²) in [5.74, 6) is -1.07. The second kappa shape index (κ2) is 7.78. The molecule has 0 radical (unpaired) electrons. The third-order valence-corrected chi connectivity index (χ3v) is 6.63. The van der Waals surface area contributed by atoms with Gasteiger partial charge in [-0.1, -0.05) is 41.3 Å². The lowest BCUT2D eigenvalue weighted by atomic mass is 9.99. The number of hydrogen-bond acceptors (Lipinski definition) is 7. The van der Waals surface area contributed by atoms with Crippen LogP contribution in [0.15, 0.2) is 54.6 Å². The van der Waals surface area contributed by atoms with Gasteiger partial charge in [-0.2, -0.15) is 4.72 Å². The second-order valence-electron chi connectivity index (χ2n) is 7.24. The molecule has 1 heterocycles. The lowest BCUT2D eigenvalue weighted by molar-refractivity contribution is 0.0696. The van der Waals surface area contributed by atoms with Crippen molar-refractivity contribution in [1.82, 2.24) is 4.72 Å². The number of aliphatic hydroxyl groups excluding tert-OH is 1. The number of fused-ring (bicyclic) bond motifs is 1. The maximum atomic E-state index is 11.1. The normalized spacial score (nSPS) is 19.2. The van der Waals surface area contributed by atoms with E-state index >= 15 is 0 Å². The number of aryl methyl sites for hydroxylation is 2. The zero-order valence-corrected chi connectivity index (χ0v) is 16.7. The van der Waals surface area contributed by atoms with Gasteiger partial charge >= 0.3 is 5.97 Å². The number of aliphatic hydroxyl groups is 1. The SMILES string of the molecule is O=C(O)c1cccc(CCc2ccc3cc(O)c(N4CC(O)NS4(O)O)cc3c2)c1. The highest BCUT2D eigenvalue weighted by atomic mass is 32.3. The number of nitrogens with one attached hydrogen (secondary N) is 1. The molecule has 30 heavy (non-hydrogen) atoms. The number of aromatic carboxylic acids is 1. The number of nitrogens with zero attached hydrogens (tertiary/aromatic N) is 1. The molecule has 1 aliphatic rings. The van der Waals surface area contributed by atoms with Gasteiger partial charge in [0.05, 0.1) is 12.1 Å². The van der Waals surface area contributed by atoms with Gasteiger partial charge in [-0.3, -0.25) is 13.4 Å². The smallest absolute Gasteiger partial charge is 0.335 e. The van der Waals surface area contributed by atoms with Gasteiger partial charge in [0.2, 0.25) is 0 Å². The number of rotatable bonds is 5. The number of carboxylic acids is 1. The fourth-order valence-electron chi connectivity index (χ4n) is 3.61. The molecule has 1 aliphatic heterocycles. The van der Waals surface area contributed by atoms with E-state index in [2.05, 4.69) is 4.72 Å². The minimum atomic E-state index is -3.42. The number of phenols is 1. The Morgan fingerprint density at radius 1 is 1.03 bits per heavy atom. The van der Waals surface area contributed by atoms with Crippen LogP contribution in [0.4, 0.5) is 5.69 Å². The molecule has 0 spiro atoms. The summed E-state index contributed by atoms with van der Waals surface area (Å²) in [6.45, 7) is -0.0684. The molecule has 1 saturated heterocycles. The Kier molecular flexibility index (Phi) is 5.31. The number of carboxylic acid groups (broad SMARTS) is 1. The van der Waals surface area contributed by atoms with Crippen molar-refractivity contribution in [3.63, 3.8) is 0 Å². The molecule has 0 amide bonds. The summed E-state index contributed by atoms with van der Waals surface area (Å²) < 4.78 is 23.7. The molecule has 3 aromatic rings. The molecule has 0 aromatic heterocycles. The minimum Gasteiger partial charge on any atom is -0.506 e. The summed E-state index contributed by atoms with van der Waals surface area (Å²) in [7, 11) is -3.42. The van der Waals surface area contributed by atoms with E-state index in [1.807, 2.05) is 24.3 Å². The van der Waals surface area contributed by atoms with Crippen LogP contribution in [0.3, 0.4) is 0 Å². The molecule has 1 unspecified atom stereocenters. The lowest BCUT2D eigenvalue weighted by Gasteiger charge is -2.37. The maximum Gasteiger partial charge on any atom is 0.335 e. The van der Waals surface area contributed by atoms with Crippen LogP contribution in [0.2, 0.25) is 0 Å². The molecule has 158 valence electrons. The summed E-state index contributed by atoms with van der Waals surface area (Å²) >= 11 is 0. The number of anilines is 1. The molecule has 1 fully saturated rings. The molecule has 3 aromatic carbocycles. The maximum absolute atomic E-state index is 11.1. The van der Waals surface area contributed by atoms with E-state index in [0.29, 0.717) is 12.8 Å². The Balaban J connectivity index is 1.60. The molecule has 0 aliphatic carbocycles. The van der Waals surface area contributed by atoms with Crippen molar-refractivity contribution in [2.75, 3.05) is 10.8 Å². The number of β-amino-alcohol motifs (C(OH)–C–C–N with tert-alkyl or cyclic N) is 1. The van der Waals surface area contributed by atoms with Crippen LogP contribution in [0.25, 0.3) is 10.8 Å². The van der Waals surface area contributed by atoms with Crippen molar-refractivity contribution >= 4 is 33.4 Å². The van der Waals surface area contributed by atoms with Crippen molar-refractivity contribution in [3.05, 3.63) is 71.3 Å². The topological polar surface area (TPSA) is 133 Å². The number of aromatic hydroxyl groups is 1. The number of carbonyl (C=O) groups is 1. The van der Waals surface area contributed by atoms with Gasteiger partial charge < -0.3 is 15.3 Å². The summed E-state index contributed by atoms with van der Waals surface area (Å²) in [5, 5.41) is 30.8. The standard InChI is InChI=1S/C21H22N2O6S/c24-19-11-15-7-6-14(5-4-13-2-1-3-16(8-13)21(26)27)9-17(15)10-18(19)23-12-20(25)22-30(23,28)29/h1-3,6-11,20,22,24-25,28-29H,4-5,12H2,(H,26,27). The molecule has 1 atom stereocenters. The van der Waals surface area contributed by atoms with Crippen molar-refractivity contribution in [3.8, 4) is 5.75 Å². The Bertz CT molecular complexity index is 1120. The molecule has 9 heteroatoms. The Hall–Kier alpha value is -2.82. The summed E-state index contributed by atoms with van der Waals surface area (Å²) in [6, 6.07) is 15.8. The van der Waals surface area contributed by atoms with Crippen LogP contribution < -0.4 is 9.03 Å². The van der Waals surface area contributed by atoms with Crippen molar-refractivity contribution in [2.45, 2.75) is 19.1 Å². The van der Waals surface area contributed by atoms with Gasteiger partial charge in [-0.05, 0) is 59.0 Å². The number of benzene rings is 3. The van der Waals surface area contributed by atoms with Crippen molar-refractivity contribution in [2.24, 2.45) is 0 Å². The zero-order valence-electron chi connectivity index (χ0n) is 15.9. The Morgan fingerprint density at radius 3 is 2.43 bits per heavy atom. The van der Waals surface area contributed by atoms with Gasteiger partial charge in [0.1, 0.15) is 17.7 Å². The number of phenolic OH excluding ortho intramolecular Hbond substituents is 1. The molecule has 6 N–H and O–H groups in total. The largest absolute Gasteiger partial charge is 0.506 e. The summed E-state index contributed by atoms with van der Waals surface area (Å²) in [4.78, 5) is 11.1. The first-order chi connectivity index (χ1) is 14.2. The average Bonchev–Trinajstić information content (AvgIpc) is 2.97. The van der Waals surface area contributed by atoms with Crippen LogP contribution in [0, 0.1) is 0 Å². The first-order valence-corrected chi connectivity index (χ1v) is 10.8. The molecule has 4 rings (SSSR count). The van der Waals surface area contributed by atoms with E-state index in [1.54, 1.807) is 30.3 Å². The second-order valence-corrected chi connectivity index (χ2v) is 8.96. The highest BCUT2D eigenvalue weighted by Gasteiger charge is 2.36. The van der Waals surface area contributed by atoms with Crippen LogP contribution in [0.1, 0.15) is 21.5 Å². The monoisotopic (exact) mass is 430 g/mol. The van der Waals surface area contributed by atoms with Crippen molar-refractivity contribution in [1.29, 1.82) is 0 Å². The predicted molar refractivity (Wildman–Crippen MR) is 116 cm³/mol. The van der Waals surface area contributed by atoms with Gasteiger partial charge in [-0.25, -0.2) is 4.79 Å². The summed E-state index contributed by atoms with van der Waals surface area (Å²) in [5.41, 5.74) is 2.42.